The minimum atomic E-state index is -1.07. The summed E-state index contributed by atoms with van der Waals surface area (Å²) in [7, 11) is 0. The van der Waals surface area contributed by atoms with Crippen LogP contribution in [-0.2, 0) is 14.4 Å². The van der Waals surface area contributed by atoms with Crippen molar-refractivity contribution in [3.8, 4) is 0 Å². The number of morpholine rings is 1. The molecule has 3 saturated carbocycles. The Morgan fingerprint density at radius 2 is 1.91 bits per heavy atom. The third-order valence-corrected chi connectivity index (χ3v) is 10.4. The van der Waals surface area contributed by atoms with Crippen LogP contribution in [0.4, 0.5) is 0 Å². The van der Waals surface area contributed by atoms with Crippen LogP contribution in [0.1, 0.15) is 59.3 Å². The van der Waals surface area contributed by atoms with E-state index < -0.39 is 28.6 Å². The van der Waals surface area contributed by atoms with Gasteiger partial charge in [-0.3, -0.25) is 9.69 Å². The number of allylic oxidation sites excluding steroid dienone is 1. The van der Waals surface area contributed by atoms with Crippen molar-refractivity contribution in [1.29, 1.82) is 0 Å². The Bertz CT molecular complexity index is 900. The summed E-state index contributed by atoms with van der Waals surface area (Å²) >= 11 is 0. The number of aliphatic hydroxyl groups is 3. The van der Waals surface area contributed by atoms with Crippen LogP contribution in [0.3, 0.4) is 0 Å². The number of fused-ring (bicyclic) bond motifs is 5. The summed E-state index contributed by atoms with van der Waals surface area (Å²) in [6, 6.07) is 0. The predicted octanol–water partition coefficient (Wildman–Crippen LogP) is 1.92. The van der Waals surface area contributed by atoms with E-state index >= 15 is 0 Å². The molecule has 0 aromatic rings. The molecule has 3 N–H and O–H groups in total. The number of carbonyl (C=O) groups is 1. The van der Waals surface area contributed by atoms with Crippen LogP contribution in [0.25, 0.3) is 0 Å². The lowest BCUT2D eigenvalue weighted by Crippen LogP contribution is -2.60. The van der Waals surface area contributed by atoms with E-state index in [0.29, 0.717) is 25.9 Å². The highest BCUT2D eigenvalue weighted by Crippen LogP contribution is 2.67. The van der Waals surface area contributed by atoms with Crippen molar-refractivity contribution in [3.05, 3.63) is 11.6 Å². The molecule has 0 spiro atoms. The SMILES string of the molecule is CC(=NOCCN1CCOCC1)[C@H]1CC[C@@]2(O)C3=CC(=O)[C@@H]4C[C@@H](O)[C@@H](O)C[C@]4(C)C3CC[C@]12C. The van der Waals surface area contributed by atoms with Gasteiger partial charge in [0.15, 0.2) is 5.78 Å². The summed E-state index contributed by atoms with van der Waals surface area (Å²) in [6.07, 6.45) is 3.77. The number of oxime groups is 1. The van der Waals surface area contributed by atoms with E-state index in [9.17, 15) is 20.1 Å². The number of rotatable bonds is 5. The lowest BCUT2D eigenvalue weighted by Gasteiger charge is -2.59. The molecule has 1 aliphatic heterocycles. The second-order valence-electron chi connectivity index (χ2n) is 12.1. The van der Waals surface area contributed by atoms with Gasteiger partial charge in [0.25, 0.3) is 0 Å². The first-order valence-corrected chi connectivity index (χ1v) is 13.4. The van der Waals surface area contributed by atoms with Gasteiger partial charge >= 0.3 is 0 Å². The van der Waals surface area contributed by atoms with E-state index in [0.717, 1.165) is 63.4 Å². The van der Waals surface area contributed by atoms with Crippen molar-refractivity contribution in [2.24, 2.45) is 33.7 Å². The Morgan fingerprint density at radius 3 is 2.66 bits per heavy atom. The maximum absolute atomic E-state index is 13.3. The minimum absolute atomic E-state index is 0.0114. The number of carbonyl (C=O) groups excluding carboxylic acids is 1. The lowest BCUT2D eigenvalue weighted by molar-refractivity contribution is -0.151. The zero-order valence-electron chi connectivity index (χ0n) is 21.4. The van der Waals surface area contributed by atoms with Gasteiger partial charge in [0.2, 0.25) is 0 Å². The molecule has 0 aromatic heterocycles. The number of aliphatic hydroxyl groups excluding tert-OH is 2. The van der Waals surface area contributed by atoms with Gasteiger partial charge in [0.1, 0.15) is 6.61 Å². The normalized spacial score (nSPS) is 46.5. The molecule has 0 bridgehead atoms. The first kappa shape index (κ1) is 25.3. The fourth-order valence-electron chi connectivity index (χ4n) is 8.25. The lowest BCUT2D eigenvalue weighted by atomic mass is 9.46. The Labute approximate surface area is 208 Å². The van der Waals surface area contributed by atoms with E-state index in [4.69, 9.17) is 9.57 Å². The standard InChI is InChI=1S/C27H42N2O6/c1-17(28-35-13-10-29-8-11-34-12-9-29)18-5-7-27(33)20-14-22(30)21-15-23(31)24(32)16-25(21,2)19(20)4-6-26(18,27)3/h14,18-19,21,23-24,31-33H,4-13,15-16H2,1-3H3/t18-,19?,21+,23-,24+,25-,26-,27-/m1/s1. The fraction of sp³-hybridized carbons (Fsp3) is 0.852. The van der Waals surface area contributed by atoms with Gasteiger partial charge in [-0.1, -0.05) is 19.0 Å². The number of hydrogen-bond acceptors (Lipinski definition) is 8. The van der Waals surface area contributed by atoms with Gasteiger partial charge in [-0.2, -0.15) is 0 Å². The molecule has 5 aliphatic rings. The van der Waals surface area contributed by atoms with Crippen LogP contribution >= 0.6 is 0 Å². The van der Waals surface area contributed by atoms with Crippen molar-refractivity contribution in [3.63, 3.8) is 0 Å². The van der Waals surface area contributed by atoms with E-state index in [1.807, 2.05) is 6.92 Å². The van der Waals surface area contributed by atoms with E-state index in [2.05, 4.69) is 23.9 Å². The molecular formula is C27H42N2O6. The van der Waals surface area contributed by atoms with Crippen molar-refractivity contribution < 1.29 is 29.7 Å². The van der Waals surface area contributed by atoms with Gasteiger partial charge in [-0.25, -0.2) is 0 Å². The topological polar surface area (TPSA) is 112 Å². The molecule has 0 amide bonds. The first-order valence-electron chi connectivity index (χ1n) is 13.4. The van der Waals surface area contributed by atoms with Crippen LogP contribution in [-0.4, -0.2) is 89.0 Å². The minimum Gasteiger partial charge on any atom is -0.394 e. The summed E-state index contributed by atoms with van der Waals surface area (Å²) in [4.78, 5) is 21.3. The molecule has 35 heavy (non-hydrogen) atoms. The molecule has 8 heteroatoms. The van der Waals surface area contributed by atoms with Gasteiger partial charge in [-0.05, 0) is 68.4 Å². The second-order valence-corrected chi connectivity index (χ2v) is 12.1. The molecule has 0 radical (unpaired) electrons. The number of nitrogens with zero attached hydrogens (tertiary/aromatic N) is 2. The van der Waals surface area contributed by atoms with E-state index in [1.165, 1.54) is 0 Å². The third kappa shape index (κ3) is 4.00. The molecule has 5 rings (SSSR count). The van der Waals surface area contributed by atoms with Crippen molar-refractivity contribution >= 4 is 11.5 Å². The highest BCUT2D eigenvalue weighted by molar-refractivity contribution is 5.95. The molecule has 0 aromatic carbocycles. The second kappa shape index (κ2) is 9.21. The number of hydrogen-bond donors (Lipinski definition) is 3. The zero-order valence-corrected chi connectivity index (χ0v) is 21.4. The van der Waals surface area contributed by atoms with E-state index in [-0.39, 0.29) is 23.5 Å². The van der Waals surface area contributed by atoms with Crippen molar-refractivity contribution in [1.82, 2.24) is 4.90 Å². The fourth-order valence-corrected chi connectivity index (χ4v) is 8.25. The van der Waals surface area contributed by atoms with Crippen LogP contribution in [0, 0.1) is 28.6 Å². The summed E-state index contributed by atoms with van der Waals surface area (Å²) in [5, 5.41) is 37.4. The summed E-state index contributed by atoms with van der Waals surface area (Å²) < 4.78 is 5.39. The molecule has 8 nitrogen and oxygen atoms in total. The average Bonchev–Trinajstić information content (AvgIpc) is 3.11. The first-order chi connectivity index (χ1) is 16.6. The molecule has 4 aliphatic carbocycles. The van der Waals surface area contributed by atoms with Gasteiger partial charge in [-0.15, -0.1) is 0 Å². The van der Waals surface area contributed by atoms with Crippen molar-refractivity contribution in [2.45, 2.75) is 77.1 Å². The van der Waals surface area contributed by atoms with Crippen LogP contribution < -0.4 is 0 Å². The molecule has 1 heterocycles. The molecule has 4 fully saturated rings. The third-order valence-electron chi connectivity index (χ3n) is 10.4. The van der Waals surface area contributed by atoms with Crippen LogP contribution in [0.15, 0.2) is 16.8 Å². The molecule has 1 unspecified atom stereocenters. The smallest absolute Gasteiger partial charge is 0.159 e. The predicted molar refractivity (Wildman–Crippen MR) is 131 cm³/mol. The average molecular weight is 491 g/mol. The van der Waals surface area contributed by atoms with E-state index in [1.54, 1.807) is 6.08 Å². The number of ketones is 1. The van der Waals surface area contributed by atoms with Crippen molar-refractivity contribution in [2.75, 3.05) is 39.5 Å². The van der Waals surface area contributed by atoms with Gasteiger partial charge in [0, 0.05) is 36.9 Å². The molecule has 1 saturated heterocycles. The maximum Gasteiger partial charge on any atom is 0.159 e. The molecular weight excluding hydrogens is 448 g/mol. The Kier molecular flexibility index (Phi) is 6.67. The Balaban J connectivity index is 1.33. The molecule has 8 atom stereocenters. The summed E-state index contributed by atoms with van der Waals surface area (Å²) in [5.41, 5.74) is -0.183. The maximum atomic E-state index is 13.3. The summed E-state index contributed by atoms with van der Waals surface area (Å²) in [6.45, 7) is 10.9. The van der Waals surface area contributed by atoms with Crippen LogP contribution in [0.2, 0.25) is 0 Å². The Morgan fingerprint density at radius 1 is 1.17 bits per heavy atom. The van der Waals surface area contributed by atoms with Gasteiger partial charge < -0.3 is 24.9 Å². The molecule has 196 valence electrons. The highest BCUT2D eigenvalue weighted by Gasteiger charge is 2.66. The number of ether oxygens (including phenoxy) is 1. The zero-order chi connectivity index (χ0) is 25.0. The quantitative estimate of drug-likeness (QED) is 0.307. The highest BCUT2D eigenvalue weighted by atomic mass is 16.6. The monoisotopic (exact) mass is 490 g/mol. The Hall–Kier alpha value is -1.32. The van der Waals surface area contributed by atoms with Crippen LogP contribution in [0.5, 0.6) is 0 Å². The largest absolute Gasteiger partial charge is 0.394 e. The van der Waals surface area contributed by atoms with Gasteiger partial charge in [0.05, 0.1) is 36.7 Å². The summed E-state index contributed by atoms with van der Waals surface area (Å²) in [5.74, 6) is -0.200.